The number of hydrogen-bond acceptors (Lipinski definition) is 5. The first-order valence-corrected chi connectivity index (χ1v) is 5.20. The first kappa shape index (κ1) is 13.6. The van der Waals surface area contributed by atoms with Crippen molar-refractivity contribution in [3.05, 3.63) is 28.1 Å². The zero-order chi connectivity index (χ0) is 13.2. The summed E-state index contributed by atoms with van der Waals surface area (Å²) in [5.41, 5.74) is 0.0729. The van der Waals surface area contributed by atoms with Crippen molar-refractivity contribution in [2.24, 2.45) is 5.41 Å². The Hall–Kier alpha value is -1.47. The Labute approximate surface area is 99.6 Å². The molecule has 92 valence electrons. The van der Waals surface area contributed by atoms with E-state index in [4.69, 9.17) is 10.0 Å². The zero-order valence-electron chi connectivity index (χ0n) is 10.0. The molecule has 1 aromatic rings. The van der Waals surface area contributed by atoms with E-state index in [0.29, 0.717) is 12.1 Å². The summed E-state index contributed by atoms with van der Waals surface area (Å²) in [4.78, 5) is 14.3. The minimum atomic E-state index is -1.75. The third kappa shape index (κ3) is 3.79. The van der Waals surface area contributed by atoms with E-state index in [1.165, 1.54) is 6.20 Å². The lowest BCUT2D eigenvalue weighted by Gasteiger charge is -2.17. The summed E-state index contributed by atoms with van der Waals surface area (Å²) in [6.45, 7) is 5.85. The molecule has 0 bridgehead atoms. The molecule has 0 fully saturated rings. The van der Waals surface area contributed by atoms with E-state index in [1.54, 1.807) is 0 Å². The molecule has 0 aliphatic carbocycles. The van der Waals surface area contributed by atoms with E-state index in [1.807, 2.05) is 20.8 Å². The minimum Gasteiger partial charge on any atom is -0.423 e. The number of nitrogens with zero attached hydrogens (tertiary/aromatic N) is 2. The highest BCUT2D eigenvalue weighted by atomic mass is 16.6. The summed E-state index contributed by atoms with van der Waals surface area (Å²) >= 11 is 0. The molecule has 0 spiro atoms. The van der Waals surface area contributed by atoms with Gasteiger partial charge in [0.2, 0.25) is 0 Å². The van der Waals surface area contributed by atoms with Gasteiger partial charge in [0.25, 0.3) is 5.69 Å². The molecule has 17 heavy (non-hydrogen) atoms. The predicted molar refractivity (Wildman–Crippen MR) is 63.9 cm³/mol. The molecule has 7 heteroatoms. The van der Waals surface area contributed by atoms with Gasteiger partial charge in [-0.1, -0.05) is 20.8 Å². The molecule has 0 saturated heterocycles. The number of nitro groups is 1. The number of pyridine rings is 1. The highest BCUT2D eigenvalue weighted by Crippen LogP contribution is 2.24. The Bertz CT molecular complexity index is 429. The first-order chi connectivity index (χ1) is 7.70. The van der Waals surface area contributed by atoms with Crippen LogP contribution in [-0.4, -0.2) is 27.1 Å². The van der Waals surface area contributed by atoms with E-state index in [-0.39, 0.29) is 16.6 Å². The first-order valence-electron chi connectivity index (χ1n) is 5.20. The Morgan fingerprint density at radius 1 is 1.47 bits per heavy atom. The van der Waals surface area contributed by atoms with Crippen LogP contribution in [0.15, 0.2) is 12.3 Å². The van der Waals surface area contributed by atoms with E-state index in [0.717, 1.165) is 6.07 Å². The molecule has 0 atom stereocenters. The summed E-state index contributed by atoms with van der Waals surface area (Å²) in [6.07, 6.45) is 1.70. The van der Waals surface area contributed by atoms with E-state index < -0.39 is 12.0 Å². The van der Waals surface area contributed by atoms with Gasteiger partial charge < -0.3 is 10.0 Å². The van der Waals surface area contributed by atoms with Crippen molar-refractivity contribution >= 4 is 18.3 Å². The van der Waals surface area contributed by atoms with Gasteiger partial charge in [0.1, 0.15) is 5.69 Å². The second kappa shape index (κ2) is 4.81. The molecule has 0 unspecified atom stereocenters. The normalized spacial score (nSPS) is 11.4. The fraction of sp³-hybridized carbons (Fsp3) is 0.500. The fourth-order valence-corrected chi connectivity index (χ4v) is 1.43. The van der Waals surface area contributed by atoms with Crippen molar-refractivity contribution in [2.45, 2.75) is 27.2 Å². The third-order valence-electron chi connectivity index (χ3n) is 2.16. The molecule has 1 rings (SSSR count). The van der Waals surface area contributed by atoms with E-state index in [9.17, 15) is 10.1 Å². The SMILES string of the molecule is CC(C)(C)Cc1ncc(B(O)O)cc1[N+](=O)[O-]. The highest BCUT2D eigenvalue weighted by Gasteiger charge is 2.24. The van der Waals surface area contributed by atoms with Gasteiger partial charge in [-0.05, 0) is 5.41 Å². The Balaban J connectivity index is 3.18. The predicted octanol–water partition coefficient (Wildman–Crippen LogP) is 0.258. The molecule has 6 nitrogen and oxygen atoms in total. The maximum Gasteiger partial charge on any atom is 0.490 e. The highest BCUT2D eigenvalue weighted by molar-refractivity contribution is 6.58. The Morgan fingerprint density at radius 2 is 2.06 bits per heavy atom. The van der Waals surface area contributed by atoms with Crippen LogP contribution in [-0.2, 0) is 6.42 Å². The molecule has 0 amide bonds. The second-order valence-corrected chi connectivity index (χ2v) is 5.10. The van der Waals surface area contributed by atoms with E-state index in [2.05, 4.69) is 4.98 Å². The molecular weight excluding hydrogens is 223 g/mol. The average Bonchev–Trinajstić information content (AvgIpc) is 2.14. The molecule has 1 heterocycles. The van der Waals surface area contributed by atoms with Crippen LogP contribution in [0.3, 0.4) is 0 Å². The van der Waals surface area contributed by atoms with Crippen LogP contribution in [0, 0.1) is 15.5 Å². The fourth-order valence-electron chi connectivity index (χ4n) is 1.43. The second-order valence-electron chi connectivity index (χ2n) is 5.10. The molecule has 0 saturated carbocycles. The summed E-state index contributed by atoms with van der Waals surface area (Å²) in [5, 5.41) is 28.8. The van der Waals surface area contributed by atoms with Crippen LogP contribution in [0.2, 0.25) is 0 Å². The van der Waals surface area contributed by atoms with Gasteiger partial charge in [-0.3, -0.25) is 15.1 Å². The topological polar surface area (TPSA) is 96.5 Å². The number of rotatable bonds is 3. The summed E-state index contributed by atoms with van der Waals surface area (Å²) in [5.74, 6) is 0. The zero-order valence-corrected chi connectivity index (χ0v) is 10.0. The maximum atomic E-state index is 10.9. The van der Waals surface area contributed by atoms with Crippen LogP contribution in [0.4, 0.5) is 5.69 Å². The standard InChI is InChI=1S/C10H15BN2O4/c1-10(2,3)5-8-9(13(16)17)4-7(6-12-8)11(14)15/h4,6,14-15H,5H2,1-3H3. The number of aromatic nitrogens is 1. The summed E-state index contributed by atoms with van der Waals surface area (Å²) in [7, 11) is -1.75. The van der Waals surface area contributed by atoms with Crippen molar-refractivity contribution < 1.29 is 15.0 Å². The van der Waals surface area contributed by atoms with Crippen LogP contribution in [0.25, 0.3) is 0 Å². The van der Waals surface area contributed by atoms with Crippen molar-refractivity contribution in [1.29, 1.82) is 0 Å². The van der Waals surface area contributed by atoms with Crippen LogP contribution < -0.4 is 5.46 Å². The van der Waals surface area contributed by atoms with Gasteiger partial charge in [0.15, 0.2) is 0 Å². The third-order valence-corrected chi connectivity index (χ3v) is 2.16. The molecule has 0 aliphatic heterocycles. The Morgan fingerprint density at radius 3 is 2.47 bits per heavy atom. The quantitative estimate of drug-likeness (QED) is 0.447. The Kier molecular flexibility index (Phi) is 3.85. The monoisotopic (exact) mass is 238 g/mol. The largest absolute Gasteiger partial charge is 0.490 e. The van der Waals surface area contributed by atoms with Crippen molar-refractivity contribution in [3.63, 3.8) is 0 Å². The van der Waals surface area contributed by atoms with Gasteiger partial charge in [0.05, 0.1) is 4.92 Å². The van der Waals surface area contributed by atoms with Crippen LogP contribution in [0.1, 0.15) is 26.5 Å². The molecule has 1 aromatic heterocycles. The van der Waals surface area contributed by atoms with Crippen molar-refractivity contribution in [1.82, 2.24) is 4.98 Å². The molecule has 0 aliphatic rings. The molecule has 0 aromatic carbocycles. The van der Waals surface area contributed by atoms with Gasteiger partial charge in [-0.15, -0.1) is 0 Å². The maximum absolute atomic E-state index is 10.9. The molecular formula is C10H15BN2O4. The van der Waals surface area contributed by atoms with Crippen molar-refractivity contribution in [2.75, 3.05) is 0 Å². The molecule has 0 radical (unpaired) electrons. The smallest absolute Gasteiger partial charge is 0.423 e. The van der Waals surface area contributed by atoms with Gasteiger partial charge in [-0.2, -0.15) is 0 Å². The lowest BCUT2D eigenvalue weighted by atomic mass is 9.80. The number of hydrogen-bond donors (Lipinski definition) is 2. The van der Waals surface area contributed by atoms with Gasteiger partial charge >= 0.3 is 7.12 Å². The van der Waals surface area contributed by atoms with Gasteiger partial charge in [0, 0.05) is 24.1 Å². The van der Waals surface area contributed by atoms with Crippen molar-refractivity contribution in [3.8, 4) is 0 Å². The average molecular weight is 238 g/mol. The summed E-state index contributed by atoms with van der Waals surface area (Å²) < 4.78 is 0. The lowest BCUT2D eigenvalue weighted by molar-refractivity contribution is -0.386. The minimum absolute atomic E-state index is 0.0226. The van der Waals surface area contributed by atoms with Gasteiger partial charge in [-0.25, -0.2) is 0 Å². The summed E-state index contributed by atoms with van der Waals surface area (Å²) in [6, 6.07) is 1.15. The van der Waals surface area contributed by atoms with Crippen LogP contribution >= 0.6 is 0 Å². The van der Waals surface area contributed by atoms with Crippen LogP contribution in [0.5, 0.6) is 0 Å². The van der Waals surface area contributed by atoms with E-state index >= 15 is 0 Å². The lowest BCUT2D eigenvalue weighted by Crippen LogP contribution is -2.31. The molecule has 2 N–H and O–H groups in total.